The van der Waals surface area contributed by atoms with Gasteiger partial charge in [-0.15, -0.1) is 0 Å². The lowest BCUT2D eigenvalue weighted by molar-refractivity contribution is 1.56. The SMILES string of the molecule is c1ccc2c(c1)cc1[nH]c3cccc4ccc2c1c43. The molecule has 5 aromatic rings. The molecular formula is C18H11N. The molecule has 0 aliphatic rings. The molecule has 1 nitrogen and oxygen atoms in total. The minimum atomic E-state index is 1.23. The molecule has 19 heavy (non-hydrogen) atoms. The largest absolute Gasteiger partial charge is 0.354 e. The van der Waals surface area contributed by atoms with Gasteiger partial charge < -0.3 is 4.98 Å². The van der Waals surface area contributed by atoms with E-state index in [9.17, 15) is 0 Å². The van der Waals surface area contributed by atoms with Gasteiger partial charge in [-0.3, -0.25) is 0 Å². The molecule has 0 bridgehead atoms. The van der Waals surface area contributed by atoms with E-state index in [-0.39, 0.29) is 0 Å². The number of aromatic nitrogens is 1. The summed E-state index contributed by atoms with van der Waals surface area (Å²) in [6.45, 7) is 0. The summed E-state index contributed by atoms with van der Waals surface area (Å²) in [6.07, 6.45) is 0. The number of benzene rings is 4. The molecule has 0 atom stereocenters. The van der Waals surface area contributed by atoms with Gasteiger partial charge in [0.1, 0.15) is 0 Å². The minimum Gasteiger partial charge on any atom is -0.354 e. The zero-order valence-corrected chi connectivity index (χ0v) is 10.3. The van der Waals surface area contributed by atoms with Crippen LogP contribution in [0.3, 0.4) is 0 Å². The van der Waals surface area contributed by atoms with Crippen LogP contribution in [-0.2, 0) is 0 Å². The number of hydrogen-bond acceptors (Lipinski definition) is 0. The first-order valence-electron chi connectivity index (χ1n) is 6.56. The number of nitrogens with one attached hydrogen (secondary N) is 1. The van der Waals surface area contributed by atoms with Gasteiger partial charge in [0.2, 0.25) is 0 Å². The number of rotatable bonds is 0. The third-order valence-electron chi connectivity index (χ3n) is 4.14. The van der Waals surface area contributed by atoms with E-state index in [0.717, 1.165) is 0 Å². The van der Waals surface area contributed by atoms with Crippen molar-refractivity contribution < 1.29 is 0 Å². The number of hydrogen-bond donors (Lipinski definition) is 1. The molecule has 0 aliphatic heterocycles. The maximum absolute atomic E-state index is 3.55. The highest BCUT2D eigenvalue weighted by atomic mass is 14.7. The Bertz CT molecular complexity index is 1050. The summed E-state index contributed by atoms with van der Waals surface area (Å²) >= 11 is 0. The molecular weight excluding hydrogens is 230 g/mol. The van der Waals surface area contributed by atoms with Crippen LogP contribution in [0.1, 0.15) is 0 Å². The first kappa shape index (κ1) is 9.40. The van der Waals surface area contributed by atoms with Crippen LogP contribution in [-0.4, -0.2) is 4.98 Å². The van der Waals surface area contributed by atoms with Gasteiger partial charge >= 0.3 is 0 Å². The summed E-state index contributed by atoms with van der Waals surface area (Å²) in [6, 6.07) is 21.8. The molecule has 0 fully saturated rings. The highest BCUT2D eigenvalue weighted by Gasteiger charge is 2.12. The summed E-state index contributed by atoms with van der Waals surface area (Å²) in [5.74, 6) is 0. The molecule has 1 heterocycles. The maximum Gasteiger partial charge on any atom is 0.0477 e. The second-order valence-electron chi connectivity index (χ2n) is 5.16. The van der Waals surface area contributed by atoms with Crippen LogP contribution in [0.2, 0.25) is 0 Å². The van der Waals surface area contributed by atoms with Crippen LogP contribution in [0.5, 0.6) is 0 Å². The van der Waals surface area contributed by atoms with E-state index in [4.69, 9.17) is 0 Å². The van der Waals surface area contributed by atoms with Crippen molar-refractivity contribution in [2.75, 3.05) is 0 Å². The lowest BCUT2D eigenvalue weighted by atomic mass is 9.97. The van der Waals surface area contributed by atoms with Crippen molar-refractivity contribution in [1.29, 1.82) is 0 Å². The van der Waals surface area contributed by atoms with Gasteiger partial charge in [0.15, 0.2) is 0 Å². The van der Waals surface area contributed by atoms with Gasteiger partial charge in [-0.2, -0.15) is 0 Å². The van der Waals surface area contributed by atoms with Crippen molar-refractivity contribution in [3.8, 4) is 0 Å². The van der Waals surface area contributed by atoms with Crippen molar-refractivity contribution in [2.45, 2.75) is 0 Å². The maximum atomic E-state index is 3.55. The molecule has 0 spiro atoms. The van der Waals surface area contributed by atoms with Crippen LogP contribution >= 0.6 is 0 Å². The standard InChI is InChI=1S/C18H11N/c1-2-6-13-12(4-1)10-16-18-14(13)9-8-11-5-3-7-15(19-16)17(11)18/h1-10,19H. The molecule has 88 valence electrons. The minimum absolute atomic E-state index is 1.23. The second-order valence-corrected chi connectivity index (χ2v) is 5.16. The molecule has 0 radical (unpaired) electrons. The Morgan fingerprint density at radius 3 is 2.47 bits per heavy atom. The molecule has 1 aromatic heterocycles. The Balaban J connectivity index is 2.25. The summed E-state index contributed by atoms with van der Waals surface area (Å²) < 4.78 is 0. The van der Waals surface area contributed by atoms with Crippen molar-refractivity contribution in [3.05, 3.63) is 60.7 Å². The lowest BCUT2D eigenvalue weighted by Gasteiger charge is -2.05. The van der Waals surface area contributed by atoms with Crippen molar-refractivity contribution in [2.24, 2.45) is 0 Å². The van der Waals surface area contributed by atoms with Crippen molar-refractivity contribution in [1.82, 2.24) is 4.98 Å². The molecule has 5 rings (SSSR count). The fraction of sp³-hybridized carbons (Fsp3) is 0. The van der Waals surface area contributed by atoms with Crippen LogP contribution in [0.15, 0.2) is 60.7 Å². The Hall–Kier alpha value is -2.54. The van der Waals surface area contributed by atoms with Gasteiger partial charge in [0.05, 0.1) is 0 Å². The number of H-pyrrole nitrogens is 1. The highest BCUT2D eigenvalue weighted by molar-refractivity contribution is 6.28. The zero-order valence-electron chi connectivity index (χ0n) is 10.3. The van der Waals surface area contributed by atoms with Crippen LogP contribution in [0.4, 0.5) is 0 Å². The molecule has 0 amide bonds. The molecule has 0 saturated carbocycles. The summed E-state index contributed by atoms with van der Waals surface area (Å²) in [4.78, 5) is 3.55. The van der Waals surface area contributed by atoms with Gasteiger partial charge in [-0.05, 0) is 33.7 Å². The van der Waals surface area contributed by atoms with E-state index in [1.165, 1.54) is 43.4 Å². The lowest BCUT2D eigenvalue weighted by Crippen LogP contribution is -1.79. The summed E-state index contributed by atoms with van der Waals surface area (Å²) in [5.41, 5.74) is 2.47. The van der Waals surface area contributed by atoms with Gasteiger partial charge in [0.25, 0.3) is 0 Å². The molecule has 1 heteroatoms. The Kier molecular flexibility index (Phi) is 1.52. The smallest absolute Gasteiger partial charge is 0.0477 e. The topological polar surface area (TPSA) is 15.8 Å². The Morgan fingerprint density at radius 1 is 0.579 bits per heavy atom. The fourth-order valence-electron chi connectivity index (χ4n) is 3.33. The zero-order chi connectivity index (χ0) is 12.4. The molecule has 0 unspecified atom stereocenters. The van der Waals surface area contributed by atoms with Gasteiger partial charge in [-0.25, -0.2) is 0 Å². The predicted molar refractivity (Wildman–Crippen MR) is 82.0 cm³/mol. The Labute approximate surface area is 109 Å². The molecule has 1 N–H and O–H groups in total. The van der Waals surface area contributed by atoms with Crippen molar-refractivity contribution >= 4 is 43.4 Å². The van der Waals surface area contributed by atoms with Gasteiger partial charge in [-0.1, -0.05) is 48.5 Å². The van der Waals surface area contributed by atoms with E-state index in [2.05, 4.69) is 65.6 Å². The molecule has 0 aliphatic carbocycles. The van der Waals surface area contributed by atoms with E-state index in [1.54, 1.807) is 0 Å². The monoisotopic (exact) mass is 241 g/mol. The summed E-state index contributed by atoms with van der Waals surface area (Å²) in [5, 5.41) is 8.02. The molecule has 0 saturated heterocycles. The van der Waals surface area contributed by atoms with Crippen molar-refractivity contribution in [3.63, 3.8) is 0 Å². The van der Waals surface area contributed by atoms with Crippen LogP contribution in [0, 0.1) is 0 Å². The fourth-order valence-corrected chi connectivity index (χ4v) is 3.33. The second kappa shape index (κ2) is 3.07. The normalized spacial score (nSPS) is 12.2. The average Bonchev–Trinajstić information content (AvgIpc) is 2.83. The van der Waals surface area contributed by atoms with Crippen LogP contribution in [0.25, 0.3) is 43.4 Å². The summed E-state index contributed by atoms with van der Waals surface area (Å²) in [7, 11) is 0. The van der Waals surface area contributed by atoms with E-state index in [0.29, 0.717) is 0 Å². The Morgan fingerprint density at radius 2 is 1.47 bits per heavy atom. The quantitative estimate of drug-likeness (QED) is 0.364. The van der Waals surface area contributed by atoms with Crippen LogP contribution < -0.4 is 0 Å². The van der Waals surface area contributed by atoms with E-state index in [1.807, 2.05) is 0 Å². The number of fused-ring (bicyclic) bond motifs is 2. The van der Waals surface area contributed by atoms with E-state index >= 15 is 0 Å². The third kappa shape index (κ3) is 1.06. The first-order valence-corrected chi connectivity index (χ1v) is 6.56. The van der Waals surface area contributed by atoms with Gasteiger partial charge in [0, 0.05) is 21.8 Å². The molecule has 4 aromatic carbocycles. The number of aromatic amines is 1. The highest BCUT2D eigenvalue weighted by Crippen LogP contribution is 2.38. The average molecular weight is 241 g/mol. The van der Waals surface area contributed by atoms with E-state index < -0.39 is 0 Å². The predicted octanol–water partition coefficient (Wildman–Crippen LogP) is 5.07. The third-order valence-corrected chi connectivity index (χ3v) is 4.14. The first-order chi connectivity index (χ1) is 9.42.